The maximum absolute atomic E-state index is 12.6. The molecule has 1 aliphatic heterocycles. The molecule has 2 atom stereocenters. The van der Waals surface area contributed by atoms with Gasteiger partial charge in [-0.1, -0.05) is 38.6 Å². The van der Waals surface area contributed by atoms with Gasteiger partial charge in [-0.15, -0.1) is 0 Å². The lowest BCUT2D eigenvalue weighted by atomic mass is 9.88. The number of thiocarbonyl (C=S) groups is 1. The molecule has 1 fully saturated rings. The van der Waals surface area contributed by atoms with Crippen LogP contribution in [-0.4, -0.2) is 24.3 Å². The van der Waals surface area contributed by atoms with Crippen molar-refractivity contribution in [1.82, 2.24) is 10.6 Å². The Morgan fingerprint density at radius 3 is 2.75 bits per heavy atom. The van der Waals surface area contributed by atoms with Gasteiger partial charge in [-0.05, 0) is 31.1 Å². The normalized spacial score (nSPS) is 20.3. The lowest BCUT2D eigenvalue weighted by Gasteiger charge is -2.35. The van der Waals surface area contributed by atoms with Gasteiger partial charge in [-0.3, -0.25) is 4.79 Å². The summed E-state index contributed by atoms with van der Waals surface area (Å²) in [7, 11) is 0. The summed E-state index contributed by atoms with van der Waals surface area (Å²) in [5, 5.41) is 6.53. The lowest BCUT2D eigenvalue weighted by molar-refractivity contribution is -0.149. The van der Waals surface area contributed by atoms with Crippen LogP contribution in [0.2, 0.25) is 0 Å². The van der Waals surface area contributed by atoms with Crippen molar-refractivity contribution in [2.45, 2.75) is 26.8 Å². The molecular weight excluding hydrogens is 324 g/mol. The minimum absolute atomic E-state index is 0.266. The van der Waals surface area contributed by atoms with Crippen molar-refractivity contribution in [3.8, 4) is 5.75 Å². The van der Waals surface area contributed by atoms with Crippen LogP contribution in [0.4, 0.5) is 0 Å². The van der Waals surface area contributed by atoms with Crippen molar-refractivity contribution in [2.75, 3.05) is 13.2 Å². The molecule has 1 aromatic carbocycles. The molecule has 24 heavy (non-hydrogen) atoms. The zero-order valence-corrected chi connectivity index (χ0v) is 15.1. The number of carbonyl (C=O) groups excluding carboxylic acids is 1. The molecule has 1 aromatic rings. The molecule has 0 amide bonds. The summed E-state index contributed by atoms with van der Waals surface area (Å²) in [5.74, 6) is 0.0724. The Kier molecular flexibility index (Phi) is 6.20. The van der Waals surface area contributed by atoms with E-state index < -0.39 is 5.92 Å². The van der Waals surface area contributed by atoms with Crippen LogP contribution in [0.25, 0.3) is 0 Å². The highest BCUT2D eigenvalue weighted by Gasteiger charge is 2.39. The first-order valence-corrected chi connectivity index (χ1v) is 8.49. The maximum Gasteiger partial charge on any atom is 0.317 e. The molecule has 0 aromatic heterocycles. The van der Waals surface area contributed by atoms with E-state index in [2.05, 4.69) is 17.2 Å². The smallest absolute Gasteiger partial charge is 0.317 e. The fraction of sp³-hybridized carbons (Fsp3) is 0.444. The summed E-state index contributed by atoms with van der Waals surface area (Å²) in [6.45, 7) is 10.8. The minimum atomic E-state index is -0.586. The minimum Gasteiger partial charge on any atom is -0.494 e. The van der Waals surface area contributed by atoms with E-state index in [1.165, 1.54) is 0 Å². The van der Waals surface area contributed by atoms with Crippen LogP contribution in [-0.2, 0) is 9.53 Å². The average molecular weight is 348 g/mol. The van der Waals surface area contributed by atoms with Gasteiger partial charge >= 0.3 is 5.97 Å². The SMILES string of the molecule is C=C1NC(=S)NC(c2ccccc2OCC)C1C(=O)OCC(C)C. The number of rotatable bonds is 6. The average Bonchev–Trinajstić information content (AvgIpc) is 2.52. The van der Waals surface area contributed by atoms with E-state index in [4.69, 9.17) is 21.7 Å². The molecule has 2 N–H and O–H groups in total. The van der Waals surface area contributed by atoms with Crippen molar-refractivity contribution in [2.24, 2.45) is 11.8 Å². The number of ether oxygens (including phenoxy) is 2. The zero-order chi connectivity index (χ0) is 17.7. The van der Waals surface area contributed by atoms with Crippen LogP contribution in [0.5, 0.6) is 5.75 Å². The molecule has 1 saturated heterocycles. The number of benzene rings is 1. The Balaban J connectivity index is 2.34. The molecule has 1 aliphatic rings. The highest BCUT2D eigenvalue weighted by molar-refractivity contribution is 7.80. The third kappa shape index (κ3) is 4.26. The number of esters is 1. The van der Waals surface area contributed by atoms with Gasteiger partial charge in [0.1, 0.15) is 11.7 Å². The number of hydrogen-bond donors (Lipinski definition) is 2. The first kappa shape index (κ1) is 18.3. The molecule has 0 bridgehead atoms. The van der Waals surface area contributed by atoms with E-state index in [1.54, 1.807) is 0 Å². The van der Waals surface area contributed by atoms with Crippen LogP contribution in [0, 0.1) is 11.8 Å². The van der Waals surface area contributed by atoms with Crippen LogP contribution in [0.3, 0.4) is 0 Å². The first-order chi connectivity index (χ1) is 11.4. The highest BCUT2D eigenvalue weighted by atomic mass is 32.1. The first-order valence-electron chi connectivity index (χ1n) is 8.08. The number of nitrogens with one attached hydrogen (secondary N) is 2. The summed E-state index contributed by atoms with van der Waals surface area (Å²) in [6.07, 6.45) is 0. The Morgan fingerprint density at radius 1 is 1.38 bits per heavy atom. The third-order valence-corrected chi connectivity index (χ3v) is 3.86. The van der Waals surface area contributed by atoms with E-state index in [0.29, 0.717) is 24.0 Å². The van der Waals surface area contributed by atoms with Gasteiger partial charge in [-0.25, -0.2) is 0 Å². The van der Waals surface area contributed by atoms with E-state index in [1.807, 2.05) is 45.0 Å². The number of hydrogen-bond acceptors (Lipinski definition) is 4. The lowest BCUT2D eigenvalue weighted by Crippen LogP contribution is -2.51. The largest absolute Gasteiger partial charge is 0.494 e. The second-order valence-electron chi connectivity index (χ2n) is 6.07. The maximum atomic E-state index is 12.6. The van der Waals surface area contributed by atoms with E-state index >= 15 is 0 Å². The van der Waals surface area contributed by atoms with Crippen molar-refractivity contribution in [3.05, 3.63) is 42.1 Å². The summed E-state index contributed by atoms with van der Waals surface area (Å²) in [5.41, 5.74) is 1.39. The molecule has 0 radical (unpaired) electrons. The van der Waals surface area contributed by atoms with Crippen LogP contribution in [0.15, 0.2) is 36.5 Å². The molecule has 0 saturated carbocycles. The monoisotopic (exact) mass is 348 g/mol. The van der Waals surface area contributed by atoms with Crippen LogP contribution in [0.1, 0.15) is 32.4 Å². The number of para-hydroxylation sites is 1. The summed E-state index contributed by atoms with van der Waals surface area (Å²) in [6, 6.07) is 7.23. The van der Waals surface area contributed by atoms with Crippen molar-refractivity contribution >= 4 is 23.3 Å². The van der Waals surface area contributed by atoms with Crippen LogP contribution < -0.4 is 15.4 Å². The van der Waals surface area contributed by atoms with Crippen molar-refractivity contribution in [3.63, 3.8) is 0 Å². The van der Waals surface area contributed by atoms with Gasteiger partial charge in [0.2, 0.25) is 0 Å². The molecule has 0 spiro atoms. The summed E-state index contributed by atoms with van der Waals surface area (Å²) < 4.78 is 11.1. The Labute approximate surface area is 148 Å². The topological polar surface area (TPSA) is 59.6 Å². The predicted octanol–water partition coefficient (Wildman–Crippen LogP) is 2.93. The second-order valence-corrected chi connectivity index (χ2v) is 6.48. The molecule has 6 heteroatoms. The third-order valence-electron chi connectivity index (χ3n) is 3.64. The molecular formula is C18H24N2O3S. The van der Waals surface area contributed by atoms with Crippen LogP contribution >= 0.6 is 12.2 Å². The fourth-order valence-corrected chi connectivity index (χ4v) is 2.84. The van der Waals surface area contributed by atoms with Gasteiger partial charge in [-0.2, -0.15) is 0 Å². The summed E-state index contributed by atoms with van der Waals surface area (Å²) >= 11 is 5.24. The van der Waals surface area contributed by atoms with E-state index in [0.717, 1.165) is 11.3 Å². The molecule has 0 aliphatic carbocycles. The number of carbonyl (C=O) groups is 1. The standard InChI is InChI=1S/C18H24N2O3S/c1-5-22-14-9-7-6-8-13(14)16-15(12(4)19-18(24)20-16)17(21)23-10-11(2)3/h6-9,11,15-16H,4-5,10H2,1-3H3,(H2,19,20,24). The molecule has 5 nitrogen and oxygen atoms in total. The molecule has 130 valence electrons. The van der Waals surface area contributed by atoms with Crippen molar-refractivity contribution in [1.29, 1.82) is 0 Å². The predicted molar refractivity (Wildman–Crippen MR) is 97.6 cm³/mol. The Bertz CT molecular complexity index is 630. The summed E-state index contributed by atoms with van der Waals surface area (Å²) in [4.78, 5) is 12.6. The highest BCUT2D eigenvalue weighted by Crippen LogP contribution is 2.35. The van der Waals surface area contributed by atoms with Crippen molar-refractivity contribution < 1.29 is 14.3 Å². The van der Waals surface area contributed by atoms with Gasteiger partial charge in [0.25, 0.3) is 0 Å². The second kappa shape index (κ2) is 8.15. The van der Waals surface area contributed by atoms with Gasteiger partial charge in [0.15, 0.2) is 5.11 Å². The molecule has 2 unspecified atom stereocenters. The van der Waals surface area contributed by atoms with Gasteiger partial charge < -0.3 is 20.1 Å². The van der Waals surface area contributed by atoms with Gasteiger partial charge in [0, 0.05) is 11.3 Å². The van der Waals surface area contributed by atoms with E-state index in [9.17, 15) is 4.79 Å². The van der Waals surface area contributed by atoms with Gasteiger partial charge in [0.05, 0.1) is 19.3 Å². The molecule has 2 rings (SSSR count). The Hall–Kier alpha value is -2.08. The van der Waals surface area contributed by atoms with E-state index in [-0.39, 0.29) is 17.9 Å². The Morgan fingerprint density at radius 2 is 2.08 bits per heavy atom. The fourth-order valence-electron chi connectivity index (χ4n) is 2.58. The molecule has 1 heterocycles. The quantitative estimate of drug-likeness (QED) is 0.609. The zero-order valence-electron chi connectivity index (χ0n) is 14.3.